The summed E-state index contributed by atoms with van der Waals surface area (Å²) in [5, 5.41) is 17.2. The van der Waals surface area contributed by atoms with Crippen LogP contribution in [0.2, 0.25) is 0 Å². The van der Waals surface area contributed by atoms with Crippen molar-refractivity contribution >= 4 is 17.3 Å². The number of thiophene rings is 1. The number of hydrogen-bond donors (Lipinski definition) is 2. The molecule has 2 aromatic heterocycles. The fourth-order valence-electron chi connectivity index (χ4n) is 3.77. The van der Waals surface area contributed by atoms with Crippen LogP contribution < -0.4 is 10.6 Å². The third-order valence-electron chi connectivity index (χ3n) is 5.13. The number of piperidine rings is 1. The summed E-state index contributed by atoms with van der Waals surface area (Å²) in [5.74, 6) is 2.32. The molecular weight excluding hydrogens is 358 g/mol. The Labute approximate surface area is 165 Å². The zero-order chi connectivity index (χ0) is 19.1. The average molecular weight is 390 g/mol. The molecule has 7 nitrogen and oxygen atoms in total. The van der Waals surface area contributed by atoms with Crippen molar-refractivity contribution in [1.29, 1.82) is 0 Å². The topological polar surface area (TPSA) is 70.4 Å². The van der Waals surface area contributed by atoms with E-state index in [1.54, 1.807) is 6.33 Å². The van der Waals surface area contributed by atoms with Gasteiger partial charge in [-0.1, -0.05) is 6.07 Å². The molecule has 3 heterocycles. The van der Waals surface area contributed by atoms with E-state index in [1.165, 1.54) is 24.3 Å². The standard InChI is InChI=1S/C19H31N7S/c1-4-20-19(22-13-17-24-23-14-26(17)5-2)21-12-15-8-6-10-25(3)18(15)16-9-7-11-27-16/h7,9,11,14-15,18H,4-6,8,10,12-13H2,1-3H3,(H2,20,21,22). The van der Waals surface area contributed by atoms with Crippen molar-refractivity contribution in [2.75, 3.05) is 26.7 Å². The van der Waals surface area contributed by atoms with Gasteiger partial charge in [-0.15, -0.1) is 21.5 Å². The van der Waals surface area contributed by atoms with E-state index in [0.29, 0.717) is 18.5 Å². The number of nitrogens with one attached hydrogen (secondary N) is 2. The number of aliphatic imine (C=N–C) groups is 1. The quantitative estimate of drug-likeness (QED) is 0.562. The summed E-state index contributed by atoms with van der Waals surface area (Å²) in [6.07, 6.45) is 4.25. The van der Waals surface area contributed by atoms with Gasteiger partial charge in [-0.05, 0) is 57.6 Å². The molecule has 8 heteroatoms. The van der Waals surface area contributed by atoms with E-state index in [9.17, 15) is 0 Å². The first-order valence-electron chi connectivity index (χ1n) is 9.85. The van der Waals surface area contributed by atoms with Crippen LogP contribution in [0.25, 0.3) is 0 Å². The lowest BCUT2D eigenvalue weighted by atomic mass is 9.88. The largest absolute Gasteiger partial charge is 0.357 e. The van der Waals surface area contributed by atoms with Gasteiger partial charge in [-0.25, -0.2) is 4.99 Å². The number of aromatic nitrogens is 3. The number of nitrogens with zero attached hydrogens (tertiary/aromatic N) is 5. The number of hydrogen-bond acceptors (Lipinski definition) is 5. The molecule has 27 heavy (non-hydrogen) atoms. The van der Waals surface area contributed by atoms with Gasteiger partial charge in [-0.2, -0.15) is 0 Å². The molecule has 0 spiro atoms. The average Bonchev–Trinajstić information content (AvgIpc) is 3.35. The second-order valence-electron chi connectivity index (χ2n) is 6.95. The van der Waals surface area contributed by atoms with Crippen molar-refractivity contribution in [1.82, 2.24) is 30.3 Å². The molecular formula is C19H31N7S. The summed E-state index contributed by atoms with van der Waals surface area (Å²) in [6, 6.07) is 4.90. The van der Waals surface area contributed by atoms with Gasteiger partial charge in [0.25, 0.3) is 0 Å². The lowest BCUT2D eigenvalue weighted by Gasteiger charge is -2.39. The van der Waals surface area contributed by atoms with Gasteiger partial charge in [0.05, 0.1) is 0 Å². The van der Waals surface area contributed by atoms with E-state index in [1.807, 2.05) is 15.9 Å². The van der Waals surface area contributed by atoms with Gasteiger partial charge in [-0.3, -0.25) is 4.90 Å². The van der Waals surface area contributed by atoms with Crippen LogP contribution in [-0.2, 0) is 13.1 Å². The van der Waals surface area contributed by atoms with Crippen LogP contribution in [0.1, 0.15) is 43.4 Å². The molecule has 1 saturated heterocycles. The van der Waals surface area contributed by atoms with E-state index in [4.69, 9.17) is 4.99 Å². The molecule has 2 atom stereocenters. The van der Waals surface area contributed by atoms with Crippen LogP contribution in [0.5, 0.6) is 0 Å². The lowest BCUT2D eigenvalue weighted by molar-refractivity contribution is 0.125. The fourth-order valence-corrected chi connectivity index (χ4v) is 4.75. The highest BCUT2D eigenvalue weighted by atomic mass is 32.1. The van der Waals surface area contributed by atoms with Crippen molar-refractivity contribution < 1.29 is 0 Å². The van der Waals surface area contributed by atoms with Gasteiger partial charge < -0.3 is 15.2 Å². The van der Waals surface area contributed by atoms with Gasteiger partial charge in [0.15, 0.2) is 11.8 Å². The number of likely N-dealkylation sites (tertiary alicyclic amines) is 1. The second kappa shape index (κ2) is 9.85. The molecule has 148 valence electrons. The second-order valence-corrected chi connectivity index (χ2v) is 7.93. The molecule has 0 bridgehead atoms. The lowest BCUT2D eigenvalue weighted by Crippen LogP contribution is -2.44. The third-order valence-corrected chi connectivity index (χ3v) is 6.08. The summed E-state index contributed by atoms with van der Waals surface area (Å²) in [5.41, 5.74) is 0. The highest BCUT2D eigenvalue weighted by Crippen LogP contribution is 2.36. The summed E-state index contributed by atoms with van der Waals surface area (Å²) in [4.78, 5) is 8.67. The van der Waals surface area contributed by atoms with Crippen molar-refractivity contribution in [2.45, 2.75) is 45.8 Å². The Morgan fingerprint density at radius 3 is 3.00 bits per heavy atom. The molecule has 1 aliphatic rings. The maximum atomic E-state index is 4.72. The Morgan fingerprint density at radius 1 is 1.37 bits per heavy atom. The molecule has 1 fully saturated rings. The first-order chi connectivity index (χ1) is 13.2. The first-order valence-corrected chi connectivity index (χ1v) is 10.7. The summed E-state index contributed by atoms with van der Waals surface area (Å²) in [6.45, 7) is 8.49. The minimum atomic E-state index is 0.484. The highest BCUT2D eigenvalue weighted by Gasteiger charge is 2.31. The van der Waals surface area contributed by atoms with Crippen LogP contribution in [0.4, 0.5) is 0 Å². The van der Waals surface area contributed by atoms with Crippen molar-refractivity contribution in [3.05, 3.63) is 34.5 Å². The SMILES string of the molecule is CCNC(=NCc1nncn1CC)NCC1CCCN(C)C1c1cccs1. The van der Waals surface area contributed by atoms with E-state index < -0.39 is 0 Å². The van der Waals surface area contributed by atoms with Crippen molar-refractivity contribution in [2.24, 2.45) is 10.9 Å². The molecule has 0 aromatic carbocycles. The summed E-state index contributed by atoms with van der Waals surface area (Å²) < 4.78 is 2.02. The summed E-state index contributed by atoms with van der Waals surface area (Å²) in [7, 11) is 2.24. The fraction of sp³-hybridized carbons (Fsp3) is 0.632. The van der Waals surface area contributed by atoms with E-state index >= 15 is 0 Å². The molecule has 0 aliphatic carbocycles. The molecule has 0 amide bonds. The van der Waals surface area contributed by atoms with Crippen LogP contribution in [0.15, 0.2) is 28.8 Å². The molecule has 1 aliphatic heterocycles. The Balaban J connectivity index is 1.64. The molecule has 0 radical (unpaired) electrons. The van der Waals surface area contributed by atoms with E-state index in [0.717, 1.165) is 31.4 Å². The minimum absolute atomic E-state index is 0.484. The Morgan fingerprint density at radius 2 is 2.26 bits per heavy atom. The highest BCUT2D eigenvalue weighted by molar-refractivity contribution is 7.10. The molecule has 3 rings (SSSR count). The minimum Gasteiger partial charge on any atom is -0.357 e. The van der Waals surface area contributed by atoms with Crippen molar-refractivity contribution in [3.63, 3.8) is 0 Å². The Bertz CT molecular complexity index is 709. The number of guanidine groups is 1. The normalized spacial score (nSPS) is 21.4. The van der Waals surface area contributed by atoms with E-state index in [-0.39, 0.29) is 0 Å². The van der Waals surface area contributed by atoms with Gasteiger partial charge in [0.1, 0.15) is 12.9 Å². The molecule has 2 unspecified atom stereocenters. The molecule has 0 saturated carbocycles. The van der Waals surface area contributed by atoms with Crippen molar-refractivity contribution in [3.8, 4) is 0 Å². The Hall–Kier alpha value is -1.93. The smallest absolute Gasteiger partial charge is 0.191 e. The zero-order valence-electron chi connectivity index (χ0n) is 16.6. The Kier molecular flexibility index (Phi) is 7.23. The zero-order valence-corrected chi connectivity index (χ0v) is 17.4. The maximum absolute atomic E-state index is 4.72. The van der Waals surface area contributed by atoms with Gasteiger partial charge in [0.2, 0.25) is 0 Å². The maximum Gasteiger partial charge on any atom is 0.191 e. The number of aryl methyl sites for hydroxylation is 1. The monoisotopic (exact) mass is 389 g/mol. The predicted octanol–water partition coefficient (Wildman–Crippen LogP) is 2.50. The first kappa shape index (κ1) is 19.8. The van der Waals surface area contributed by atoms with Crippen LogP contribution >= 0.6 is 11.3 Å². The van der Waals surface area contributed by atoms with Crippen LogP contribution in [0.3, 0.4) is 0 Å². The van der Waals surface area contributed by atoms with E-state index in [2.05, 4.69) is 64.1 Å². The number of rotatable bonds is 7. The molecule has 2 aromatic rings. The van der Waals surface area contributed by atoms with Gasteiger partial charge in [0, 0.05) is 30.6 Å². The predicted molar refractivity (Wildman–Crippen MR) is 111 cm³/mol. The van der Waals surface area contributed by atoms with Crippen LogP contribution in [0, 0.1) is 5.92 Å². The molecule has 2 N–H and O–H groups in total. The third kappa shape index (κ3) is 5.07. The van der Waals surface area contributed by atoms with Crippen LogP contribution in [-0.4, -0.2) is 52.3 Å². The summed E-state index contributed by atoms with van der Waals surface area (Å²) >= 11 is 1.86. The van der Waals surface area contributed by atoms with Gasteiger partial charge >= 0.3 is 0 Å².